The molecule has 0 saturated carbocycles. The van der Waals surface area contributed by atoms with Crippen molar-refractivity contribution in [2.45, 2.75) is 62.7 Å². The van der Waals surface area contributed by atoms with Crippen molar-refractivity contribution >= 4 is 30.6 Å². The molecule has 188 valence electrons. The highest BCUT2D eigenvalue weighted by atomic mass is 32.2. The van der Waals surface area contributed by atoms with Gasteiger partial charge in [-0.25, -0.2) is 34.4 Å². The van der Waals surface area contributed by atoms with Gasteiger partial charge in [-0.1, -0.05) is 18.2 Å². The van der Waals surface area contributed by atoms with Crippen molar-refractivity contribution in [3.8, 4) is 0 Å². The van der Waals surface area contributed by atoms with E-state index < -0.39 is 74.1 Å². The zero-order valence-corrected chi connectivity index (χ0v) is 21.7. The van der Waals surface area contributed by atoms with E-state index in [1.54, 1.807) is 30.3 Å². The summed E-state index contributed by atoms with van der Waals surface area (Å²) in [5, 5.41) is -2.16. The van der Waals surface area contributed by atoms with Crippen LogP contribution in [-0.4, -0.2) is 27.3 Å². The molecule has 0 N–H and O–H groups in total. The third-order valence-electron chi connectivity index (χ3n) is 5.20. The van der Waals surface area contributed by atoms with Crippen LogP contribution in [0.15, 0.2) is 79.1 Å². The van der Waals surface area contributed by atoms with Gasteiger partial charge in [-0.3, -0.25) is 0 Å². The molecule has 3 rings (SSSR count). The molecule has 3 aromatic rings. The summed E-state index contributed by atoms with van der Waals surface area (Å²) in [6, 6.07) is 11.3. The van der Waals surface area contributed by atoms with Gasteiger partial charge in [0, 0.05) is 24.3 Å². The second kappa shape index (κ2) is 9.94. The molecule has 3 aromatic carbocycles. The van der Waals surface area contributed by atoms with Crippen LogP contribution in [0.1, 0.15) is 27.7 Å². The zero-order valence-electron chi connectivity index (χ0n) is 19.2. The molecule has 0 fully saturated rings. The highest BCUT2D eigenvalue weighted by molar-refractivity contribution is 7.97. The molecule has 0 heterocycles. The quantitative estimate of drug-likeness (QED) is 0.281. The van der Waals surface area contributed by atoms with Crippen molar-refractivity contribution in [2.75, 3.05) is 0 Å². The lowest BCUT2D eigenvalue weighted by molar-refractivity contribution is 0.511. The van der Waals surface area contributed by atoms with Crippen molar-refractivity contribution in [3.63, 3.8) is 0 Å². The molecular formula is C24H23F4O4S3+. The van der Waals surface area contributed by atoms with Gasteiger partial charge in [0.2, 0.25) is 0 Å². The van der Waals surface area contributed by atoms with E-state index in [-0.39, 0.29) is 9.79 Å². The number of benzene rings is 3. The first kappa shape index (κ1) is 27.2. The van der Waals surface area contributed by atoms with E-state index in [9.17, 15) is 34.4 Å². The Kier molecular flexibility index (Phi) is 7.73. The van der Waals surface area contributed by atoms with Crippen LogP contribution in [0.3, 0.4) is 0 Å². The molecule has 4 nitrogen and oxygen atoms in total. The van der Waals surface area contributed by atoms with Gasteiger partial charge in [-0.05, 0) is 39.8 Å². The minimum absolute atomic E-state index is 0.0767. The Bertz CT molecular complexity index is 1330. The van der Waals surface area contributed by atoms with Crippen LogP contribution in [0.5, 0.6) is 0 Å². The molecule has 0 aliphatic heterocycles. The van der Waals surface area contributed by atoms with Crippen LogP contribution in [0, 0.1) is 23.3 Å². The van der Waals surface area contributed by atoms with Gasteiger partial charge >= 0.3 is 0 Å². The highest BCUT2D eigenvalue weighted by Gasteiger charge is 2.37. The van der Waals surface area contributed by atoms with Gasteiger partial charge in [0.05, 0.1) is 21.4 Å². The zero-order chi connectivity index (χ0) is 26.3. The van der Waals surface area contributed by atoms with Crippen LogP contribution >= 0.6 is 0 Å². The van der Waals surface area contributed by atoms with E-state index in [0.717, 1.165) is 24.3 Å². The molecule has 0 unspecified atom stereocenters. The third kappa shape index (κ3) is 5.12. The normalized spacial score (nSPS) is 12.7. The second-order valence-corrected chi connectivity index (χ2v) is 15.1. The van der Waals surface area contributed by atoms with Crippen LogP contribution < -0.4 is 0 Å². The maximum absolute atomic E-state index is 15.0. The standard InChI is InChI=1S/C24H23F4O4S3/c1-14(2)34(29,30)23-19(25)10-17(11-20(23)26)33(16-8-6-5-7-9-16)18-12-21(27)24(22(28)13-18)35(31,32)15(3)4/h5-15H,1-4H3/q+1. The monoisotopic (exact) mass is 547 g/mol. The molecule has 0 aromatic heterocycles. The molecule has 11 heteroatoms. The fraction of sp³-hybridized carbons (Fsp3) is 0.250. The van der Waals surface area contributed by atoms with E-state index in [2.05, 4.69) is 0 Å². The SMILES string of the molecule is CC(C)S(=O)(=O)c1c(F)cc([S+](c2ccccc2)c2cc(F)c(S(=O)(=O)C(C)C)c(F)c2)cc1F. The summed E-state index contributed by atoms with van der Waals surface area (Å²) in [4.78, 5) is -1.89. The summed E-state index contributed by atoms with van der Waals surface area (Å²) in [7, 11) is -10.1. The number of hydrogen-bond donors (Lipinski definition) is 0. The topological polar surface area (TPSA) is 68.3 Å². The molecule has 0 saturated heterocycles. The van der Waals surface area contributed by atoms with Crippen molar-refractivity contribution in [1.29, 1.82) is 0 Å². The largest absolute Gasteiger partial charge is 0.223 e. The van der Waals surface area contributed by atoms with Crippen LogP contribution in [0.4, 0.5) is 17.6 Å². The van der Waals surface area contributed by atoms with Crippen molar-refractivity contribution in [1.82, 2.24) is 0 Å². The maximum Gasteiger partial charge on any atom is 0.186 e. The lowest BCUT2D eigenvalue weighted by atomic mass is 10.3. The van der Waals surface area contributed by atoms with Crippen LogP contribution in [0.25, 0.3) is 0 Å². The predicted octanol–water partition coefficient (Wildman–Crippen LogP) is 5.70. The van der Waals surface area contributed by atoms with Crippen molar-refractivity contribution < 1.29 is 34.4 Å². The Morgan fingerprint density at radius 3 is 1.17 bits per heavy atom. The fourth-order valence-corrected chi connectivity index (χ4v) is 7.69. The molecular weight excluding hydrogens is 524 g/mol. The summed E-state index contributed by atoms with van der Waals surface area (Å²) >= 11 is 0. The van der Waals surface area contributed by atoms with Gasteiger partial charge in [-0.2, -0.15) is 0 Å². The fourth-order valence-electron chi connectivity index (χ4n) is 3.29. The number of sulfone groups is 2. The Labute approximate surface area is 205 Å². The molecule has 35 heavy (non-hydrogen) atoms. The van der Waals surface area contributed by atoms with E-state index in [4.69, 9.17) is 0 Å². The first-order valence-electron chi connectivity index (χ1n) is 10.4. The maximum atomic E-state index is 15.0. The summed E-state index contributed by atoms with van der Waals surface area (Å²) in [6.07, 6.45) is 0. The summed E-state index contributed by atoms with van der Waals surface area (Å²) in [5.41, 5.74) is 0. The highest BCUT2D eigenvalue weighted by Crippen LogP contribution is 2.37. The van der Waals surface area contributed by atoms with Crippen LogP contribution in [-0.2, 0) is 30.6 Å². The van der Waals surface area contributed by atoms with Crippen molar-refractivity contribution in [2.24, 2.45) is 0 Å². The van der Waals surface area contributed by atoms with Crippen molar-refractivity contribution in [3.05, 3.63) is 77.9 Å². The summed E-state index contributed by atoms with van der Waals surface area (Å²) < 4.78 is 110. The Morgan fingerprint density at radius 1 is 0.571 bits per heavy atom. The lowest BCUT2D eigenvalue weighted by Crippen LogP contribution is -2.19. The number of rotatable bonds is 7. The summed E-state index contributed by atoms with van der Waals surface area (Å²) in [5.74, 6) is -5.33. The predicted molar refractivity (Wildman–Crippen MR) is 126 cm³/mol. The average molecular weight is 548 g/mol. The summed E-state index contributed by atoms with van der Waals surface area (Å²) in [6.45, 7) is 5.15. The second-order valence-electron chi connectivity index (χ2n) is 8.24. The lowest BCUT2D eigenvalue weighted by Gasteiger charge is -2.14. The molecule has 0 aliphatic rings. The number of halogens is 4. The molecule has 0 aliphatic carbocycles. The Hall–Kier alpha value is -2.37. The van der Waals surface area contributed by atoms with E-state index in [0.29, 0.717) is 4.90 Å². The molecule has 0 bridgehead atoms. The third-order valence-corrected chi connectivity index (χ3v) is 11.8. The van der Waals surface area contributed by atoms with E-state index >= 15 is 0 Å². The van der Waals surface area contributed by atoms with E-state index in [1.807, 2.05) is 0 Å². The first-order chi connectivity index (χ1) is 16.2. The average Bonchev–Trinajstić information content (AvgIpc) is 2.73. The molecule has 0 atom stereocenters. The van der Waals surface area contributed by atoms with E-state index in [1.165, 1.54) is 27.7 Å². The molecule has 0 radical (unpaired) electrons. The van der Waals surface area contributed by atoms with Gasteiger partial charge in [0.15, 0.2) is 34.4 Å². The molecule has 0 spiro atoms. The van der Waals surface area contributed by atoms with Gasteiger partial charge in [0.25, 0.3) is 0 Å². The van der Waals surface area contributed by atoms with Gasteiger partial charge in [-0.15, -0.1) is 0 Å². The van der Waals surface area contributed by atoms with Gasteiger partial charge < -0.3 is 0 Å². The number of hydrogen-bond acceptors (Lipinski definition) is 4. The Balaban J connectivity index is 2.29. The first-order valence-corrected chi connectivity index (χ1v) is 14.8. The smallest absolute Gasteiger partial charge is 0.186 e. The minimum Gasteiger partial charge on any atom is -0.223 e. The molecule has 0 amide bonds. The van der Waals surface area contributed by atoms with Gasteiger partial charge in [0.1, 0.15) is 33.1 Å². The Morgan fingerprint density at radius 2 is 0.886 bits per heavy atom. The van der Waals surface area contributed by atoms with Crippen LogP contribution in [0.2, 0.25) is 0 Å². The minimum atomic E-state index is -4.29.